The molecule has 2 atom stereocenters. The van der Waals surface area contributed by atoms with Crippen molar-refractivity contribution in [1.29, 1.82) is 0 Å². The third-order valence-electron chi connectivity index (χ3n) is 5.36. The Labute approximate surface area is 148 Å². The molecule has 0 bridgehead atoms. The van der Waals surface area contributed by atoms with Gasteiger partial charge in [0.25, 0.3) is 5.91 Å². The van der Waals surface area contributed by atoms with Gasteiger partial charge in [-0.1, -0.05) is 18.2 Å². The number of carbonyl (C=O) groups excluding carboxylic acids is 2. The van der Waals surface area contributed by atoms with Crippen molar-refractivity contribution in [3.8, 4) is 5.75 Å². The van der Waals surface area contributed by atoms with Gasteiger partial charge in [0.15, 0.2) is 0 Å². The minimum atomic E-state index is -0.784. The van der Waals surface area contributed by atoms with Crippen LogP contribution in [0, 0.1) is 12.8 Å². The van der Waals surface area contributed by atoms with Crippen molar-refractivity contribution < 1.29 is 14.3 Å². The molecule has 25 heavy (non-hydrogen) atoms. The van der Waals surface area contributed by atoms with E-state index < -0.39 is 5.54 Å². The zero-order chi connectivity index (χ0) is 17.9. The van der Waals surface area contributed by atoms with Gasteiger partial charge in [0, 0.05) is 19.0 Å². The van der Waals surface area contributed by atoms with Gasteiger partial charge in [-0.15, -0.1) is 0 Å². The summed E-state index contributed by atoms with van der Waals surface area (Å²) in [5.74, 6) is 0.883. The Morgan fingerprint density at radius 3 is 2.84 bits per heavy atom. The molecule has 2 N–H and O–H groups in total. The number of urea groups is 1. The number of hydrogen-bond donors (Lipinski definition) is 2. The third kappa shape index (κ3) is 3.95. The predicted molar refractivity (Wildman–Crippen MR) is 95.5 cm³/mol. The van der Waals surface area contributed by atoms with Crippen LogP contribution in [0.3, 0.4) is 0 Å². The minimum absolute atomic E-state index is 0.144. The molecule has 1 aromatic rings. The van der Waals surface area contributed by atoms with Crippen molar-refractivity contribution in [3.05, 3.63) is 29.8 Å². The van der Waals surface area contributed by atoms with Crippen molar-refractivity contribution in [3.63, 3.8) is 0 Å². The molecule has 136 valence electrons. The first-order chi connectivity index (χ1) is 12.0. The summed E-state index contributed by atoms with van der Waals surface area (Å²) in [6.45, 7) is 7.37. The van der Waals surface area contributed by atoms with Crippen LogP contribution in [0.1, 0.15) is 31.7 Å². The number of benzene rings is 1. The highest BCUT2D eigenvalue weighted by molar-refractivity contribution is 6.06. The van der Waals surface area contributed by atoms with Crippen LogP contribution in [0.2, 0.25) is 0 Å². The van der Waals surface area contributed by atoms with Crippen LogP contribution in [0.4, 0.5) is 4.79 Å². The van der Waals surface area contributed by atoms with Gasteiger partial charge >= 0.3 is 6.03 Å². The molecule has 2 heterocycles. The molecule has 6 heteroatoms. The predicted octanol–water partition coefficient (Wildman–Crippen LogP) is 2.07. The lowest BCUT2D eigenvalue weighted by Gasteiger charge is -2.39. The van der Waals surface area contributed by atoms with Gasteiger partial charge in [0.2, 0.25) is 0 Å². The Kier molecular flexibility index (Phi) is 5.27. The number of ether oxygens (including phenoxy) is 1. The number of likely N-dealkylation sites (tertiary alicyclic amines) is 1. The van der Waals surface area contributed by atoms with Crippen LogP contribution in [0.15, 0.2) is 24.3 Å². The summed E-state index contributed by atoms with van der Waals surface area (Å²) in [6.07, 6.45) is 2.94. The molecule has 0 spiro atoms. The SMILES string of the molecule is Cc1ccccc1OCCCN1CCC[C@H]([C@]2(C)NC(=O)NC2=O)C1. The molecule has 2 aliphatic heterocycles. The maximum atomic E-state index is 12.1. The second kappa shape index (κ2) is 7.44. The maximum Gasteiger partial charge on any atom is 0.322 e. The summed E-state index contributed by atoms with van der Waals surface area (Å²) in [5, 5.41) is 5.18. The van der Waals surface area contributed by atoms with Gasteiger partial charge in [-0.3, -0.25) is 10.1 Å². The molecule has 3 amide bonds. The van der Waals surface area contributed by atoms with Crippen LogP contribution in [-0.2, 0) is 4.79 Å². The van der Waals surface area contributed by atoms with E-state index in [-0.39, 0.29) is 17.9 Å². The van der Waals surface area contributed by atoms with Crippen molar-refractivity contribution in [2.24, 2.45) is 5.92 Å². The average molecular weight is 345 g/mol. The van der Waals surface area contributed by atoms with Crippen LogP contribution in [0.25, 0.3) is 0 Å². The lowest BCUT2D eigenvalue weighted by molar-refractivity contribution is -0.126. The average Bonchev–Trinajstić information content (AvgIpc) is 2.87. The molecule has 0 aromatic heterocycles. The number of amides is 3. The summed E-state index contributed by atoms with van der Waals surface area (Å²) in [6, 6.07) is 7.66. The zero-order valence-corrected chi connectivity index (χ0v) is 15.0. The number of nitrogens with one attached hydrogen (secondary N) is 2. The number of piperidine rings is 1. The first-order valence-corrected chi connectivity index (χ1v) is 9.03. The number of imide groups is 1. The van der Waals surface area contributed by atoms with Crippen molar-refractivity contribution in [2.75, 3.05) is 26.2 Å². The summed E-state index contributed by atoms with van der Waals surface area (Å²) in [4.78, 5) is 26.0. The van der Waals surface area contributed by atoms with Crippen molar-refractivity contribution in [1.82, 2.24) is 15.5 Å². The normalized spacial score (nSPS) is 27.0. The second-order valence-electron chi connectivity index (χ2n) is 7.22. The standard InChI is InChI=1S/C19H27N3O3/c1-14-7-3-4-9-16(14)25-12-6-11-22-10-5-8-15(13-22)19(2)17(23)20-18(24)21-19/h3-4,7,9,15H,5-6,8,10-13H2,1-2H3,(H2,20,21,23,24)/t15-,19-/m0/s1. The molecule has 2 saturated heterocycles. The van der Waals surface area contributed by atoms with Crippen LogP contribution < -0.4 is 15.4 Å². The Hall–Kier alpha value is -2.08. The third-order valence-corrected chi connectivity index (χ3v) is 5.36. The molecule has 2 fully saturated rings. The molecular weight excluding hydrogens is 318 g/mol. The molecule has 0 unspecified atom stereocenters. The smallest absolute Gasteiger partial charge is 0.322 e. The molecule has 6 nitrogen and oxygen atoms in total. The van der Waals surface area contributed by atoms with E-state index in [1.807, 2.05) is 38.1 Å². The summed E-state index contributed by atoms with van der Waals surface area (Å²) < 4.78 is 5.86. The van der Waals surface area contributed by atoms with E-state index in [0.717, 1.165) is 50.2 Å². The number of nitrogens with zero attached hydrogens (tertiary/aromatic N) is 1. The Morgan fingerprint density at radius 1 is 1.32 bits per heavy atom. The van der Waals surface area contributed by atoms with Gasteiger partial charge in [0.1, 0.15) is 11.3 Å². The topological polar surface area (TPSA) is 70.7 Å². The van der Waals surface area contributed by atoms with Gasteiger partial charge < -0.3 is 15.0 Å². The first kappa shape index (κ1) is 17.7. The van der Waals surface area contributed by atoms with Crippen LogP contribution in [-0.4, -0.2) is 48.6 Å². The fourth-order valence-corrected chi connectivity index (χ4v) is 3.76. The summed E-state index contributed by atoms with van der Waals surface area (Å²) >= 11 is 0. The fourth-order valence-electron chi connectivity index (χ4n) is 3.76. The van der Waals surface area contributed by atoms with E-state index in [2.05, 4.69) is 15.5 Å². The fraction of sp³-hybridized carbons (Fsp3) is 0.579. The number of para-hydroxylation sites is 1. The molecule has 2 aliphatic rings. The monoisotopic (exact) mass is 345 g/mol. The zero-order valence-electron chi connectivity index (χ0n) is 15.0. The van der Waals surface area contributed by atoms with Crippen molar-refractivity contribution >= 4 is 11.9 Å². The quantitative estimate of drug-likeness (QED) is 0.612. The highest BCUT2D eigenvalue weighted by Crippen LogP contribution is 2.29. The number of carbonyl (C=O) groups is 2. The Balaban J connectivity index is 1.47. The first-order valence-electron chi connectivity index (χ1n) is 9.03. The molecular formula is C19H27N3O3. The van der Waals surface area contributed by atoms with Gasteiger partial charge in [0.05, 0.1) is 6.61 Å². The largest absolute Gasteiger partial charge is 0.493 e. The molecule has 0 saturated carbocycles. The van der Waals surface area contributed by atoms with Crippen molar-refractivity contribution in [2.45, 2.75) is 38.6 Å². The summed E-state index contributed by atoms with van der Waals surface area (Å²) in [5.41, 5.74) is 0.365. The second-order valence-corrected chi connectivity index (χ2v) is 7.22. The summed E-state index contributed by atoms with van der Waals surface area (Å²) in [7, 11) is 0. The lowest BCUT2D eigenvalue weighted by atomic mass is 9.80. The van der Waals surface area contributed by atoms with Gasteiger partial charge in [-0.25, -0.2) is 4.79 Å². The molecule has 3 rings (SSSR count). The molecule has 0 aliphatic carbocycles. The lowest BCUT2D eigenvalue weighted by Crippen LogP contribution is -2.55. The van der Waals surface area contributed by atoms with E-state index in [0.29, 0.717) is 6.61 Å². The molecule has 0 radical (unpaired) electrons. The Morgan fingerprint density at radius 2 is 2.12 bits per heavy atom. The van der Waals surface area contributed by atoms with Gasteiger partial charge in [-0.05, 0) is 51.3 Å². The van der Waals surface area contributed by atoms with E-state index in [4.69, 9.17) is 4.74 Å². The number of rotatable bonds is 6. The number of hydrogen-bond acceptors (Lipinski definition) is 4. The number of aryl methyl sites for hydroxylation is 1. The van der Waals surface area contributed by atoms with E-state index in [1.54, 1.807) is 0 Å². The van der Waals surface area contributed by atoms with Crippen LogP contribution in [0.5, 0.6) is 5.75 Å². The molecule has 1 aromatic carbocycles. The van der Waals surface area contributed by atoms with E-state index >= 15 is 0 Å². The highest BCUT2D eigenvalue weighted by atomic mass is 16.5. The Bertz CT molecular complexity index is 649. The van der Waals surface area contributed by atoms with Crippen LogP contribution >= 0.6 is 0 Å². The highest BCUT2D eigenvalue weighted by Gasteiger charge is 2.48. The van der Waals surface area contributed by atoms with E-state index in [9.17, 15) is 9.59 Å². The minimum Gasteiger partial charge on any atom is -0.493 e. The maximum absolute atomic E-state index is 12.1. The van der Waals surface area contributed by atoms with E-state index in [1.165, 1.54) is 0 Å². The van der Waals surface area contributed by atoms with Gasteiger partial charge in [-0.2, -0.15) is 0 Å².